The van der Waals surface area contributed by atoms with Gasteiger partial charge in [-0.3, -0.25) is 4.79 Å². The lowest BCUT2D eigenvalue weighted by atomic mass is 9.96. The summed E-state index contributed by atoms with van der Waals surface area (Å²) in [7, 11) is -3.52. The number of hydrogen-bond donors (Lipinski definition) is 3. The molecule has 1 aliphatic rings. The summed E-state index contributed by atoms with van der Waals surface area (Å²) in [6.45, 7) is 5.42. The highest BCUT2D eigenvalue weighted by Gasteiger charge is 2.19. The third-order valence-electron chi connectivity index (χ3n) is 4.81. The number of rotatable bonds is 7. The van der Waals surface area contributed by atoms with E-state index in [0.717, 1.165) is 12.8 Å². The predicted octanol–water partition coefficient (Wildman–Crippen LogP) is 3.40. The van der Waals surface area contributed by atoms with Crippen LogP contribution in [0.25, 0.3) is 0 Å². The van der Waals surface area contributed by atoms with E-state index in [1.807, 2.05) is 6.92 Å². The van der Waals surface area contributed by atoms with Crippen LogP contribution < -0.4 is 15.4 Å². The van der Waals surface area contributed by atoms with Crippen LogP contribution in [-0.2, 0) is 14.8 Å². The molecule has 1 aromatic carbocycles. The molecule has 0 aromatic heterocycles. The molecule has 3 N–H and O–H groups in total. The molecule has 2 rings (SSSR count). The summed E-state index contributed by atoms with van der Waals surface area (Å²) in [6.07, 6.45) is 8.54. The smallest absolute Gasteiger partial charge is 0.241 e. The standard InChI is InChI=1S/C20H33N3O3S/c1-15(2)23-27(25,26)19-13-11-18(12-14-19)22-20(24)16(3)21-17-9-7-5-4-6-8-10-17/h11-17,21,23H,4-10H2,1-3H3,(H,22,24)/t16-/m0/s1. The Morgan fingerprint density at radius 1 is 0.963 bits per heavy atom. The highest BCUT2D eigenvalue weighted by atomic mass is 32.2. The molecule has 0 spiro atoms. The number of benzene rings is 1. The lowest BCUT2D eigenvalue weighted by molar-refractivity contribution is -0.118. The molecule has 1 aliphatic carbocycles. The number of carbonyl (C=O) groups is 1. The van der Waals surface area contributed by atoms with E-state index in [-0.39, 0.29) is 22.9 Å². The van der Waals surface area contributed by atoms with E-state index < -0.39 is 10.0 Å². The van der Waals surface area contributed by atoms with Crippen LogP contribution in [0.2, 0.25) is 0 Å². The van der Waals surface area contributed by atoms with Crippen LogP contribution in [0.3, 0.4) is 0 Å². The zero-order chi connectivity index (χ0) is 19.9. The van der Waals surface area contributed by atoms with E-state index in [9.17, 15) is 13.2 Å². The quantitative estimate of drug-likeness (QED) is 0.660. The van der Waals surface area contributed by atoms with Crippen LogP contribution in [0, 0.1) is 0 Å². The molecule has 0 heterocycles. The molecule has 0 saturated heterocycles. The van der Waals surface area contributed by atoms with E-state index >= 15 is 0 Å². The van der Waals surface area contributed by atoms with Gasteiger partial charge in [-0.1, -0.05) is 32.1 Å². The van der Waals surface area contributed by atoms with Crippen molar-refractivity contribution in [3.8, 4) is 0 Å². The van der Waals surface area contributed by atoms with Crippen LogP contribution in [0.15, 0.2) is 29.2 Å². The van der Waals surface area contributed by atoms with E-state index in [1.54, 1.807) is 26.0 Å². The van der Waals surface area contributed by atoms with Crippen LogP contribution in [0.4, 0.5) is 5.69 Å². The Labute approximate surface area is 163 Å². The first-order valence-electron chi connectivity index (χ1n) is 9.97. The third-order valence-corrected chi connectivity index (χ3v) is 6.48. The molecule has 1 saturated carbocycles. The molecule has 0 aliphatic heterocycles. The summed E-state index contributed by atoms with van der Waals surface area (Å²) >= 11 is 0. The number of anilines is 1. The molecule has 0 radical (unpaired) electrons. The number of carbonyl (C=O) groups excluding carboxylic acids is 1. The zero-order valence-electron chi connectivity index (χ0n) is 16.6. The Bertz CT molecular complexity index is 694. The van der Waals surface area contributed by atoms with Crippen LogP contribution in [0.5, 0.6) is 0 Å². The van der Waals surface area contributed by atoms with Gasteiger partial charge in [0.25, 0.3) is 0 Å². The van der Waals surface area contributed by atoms with Crippen molar-refractivity contribution in [2.45, 2.75) is 88.7 Å². The van der Waals surface area contributed by atoms with E-state index in [4.69, 9.17) is 0 Å². The molecular weight excluding hydrogens is 362 g/mol. The second-order valence-electron chi connectivity index (χ2n) is 7.72. The lowest BCUT2D eigenvalue weighted by Gasteiger charge is -2.24. The maximum absolute atomic E-state index is 12.5. The Kier molecular flexibility index (Phi) is 8.26. The monoisotopic (exact) mass is 395 g/mol. The Hall–Kier alpha value is -1.44. The average Bonchev–Trinajstić information content (AvgIpc) is 2.56. The van der Waals surface area contributed by atoms with Crippen molar-refractivity contribution in [2.75, 3.05) is 5.32 Å². The summed E-state index contributed by atoms with van der Waals surface area (Å²) in [5.41, 5.74) is 0.592. The minimum absolute atomic E-state index is 0.104. The third kappa shape index (κ3) is 7.24. The van der Waals surface area contributed by atoms with Crippen molar-refractivity contribution in [1.82, 2.24) is 10.0 Å². The SMILES string of the molecule is CC(C)NS(=O)(=O)c1ccc(NC(=O)[C@H](C)NC2CCCCCCC2)cc1. The van der Waals surface area contributed by atoms with Gasteiger partial charge in [0.2, 0.25) is 15.9 Å². The number of hydrogen-bond acceptors (Lipinski definition) is 4. The van der Waals surface area contributed by atoms with Crippen molar-refractivity contribution in [2.24, 2.45) is 0 Å². The maximum Gasteiger partial charge on any atom is 0.241 e. The Morgan fingerprint density at radius 3 is 2.07 bits per heavy atom. The van der Waals surface area contributed by atoms with Crippen LogP contribution in [-0.4, -0.2) is 32.5 Å². The molecule has 27 heavy (non-hydrogen) atoms. The van der Waals surface area contributed by atoms with Crippen LogP contribution in [0.1, 0.15) is 65.7 Å². The summed E-state index contributed by atoms with van der Waals surface area (Å²) in [5, 5.41) is 6.31. The van der Waals surface area contributed by atoms with E-state index in [1.165, 1.54) is 44.2 Å². The molecule has 1 aromatic rings. The normalized spacial score (nSPS) is 17.9. The molecular formula is C20H33N3O3S. The Balaban J connectivity index is 1.90. The molecule has 6 nitrogen and oxygen atoms in total. The minimum Gasteiger partial charge on any atom is -0.325 e. The second kappa shape index (κ2) is 10.2. The van der Waals surface area contributed by atoms with Crippen molar-refractivity contribution >= 4 is 21.6 Å². The van der Waals surface area contributed by atoms with Gasteiger partial charge in [0, 0.05) is 17.8 Å². The van der Waals surface area contributed by atoms with Gasteiger partial charge in [-0.15, -0.1) is 0 Å². The van der Waals surface area contributed by atoms with Crippen molar-refractivity contribution < 1.29 is 13.2 Å². The van der Waals surface area contributed by atoms with Gasteiger partial charge in [-0.2, -0.15) is 0 Å². The molecule has 152 valence electrons. The fourth-order valence-corrected chi connectivity index (χ4v) is 4.65. The zero-order valence-corrected chi connectivity index (χ0v) is 17.4. The van der Waals surface area contributed by atoms with Crippen molar-refractivity contribution in [3.63, 3.8) is 0 Å². The van der Waals surface area contributed by atoms with Gasteiger partial charge in [0.05, 0.1) is 10.9 Å². The largest absolute Gasteiger partial charge is 0.325 e. The predicted molar refractivity (Wildman–Crippen MR) is 109 cm³/mol. The lowest BCUT2D eigenvalue weighted by Crippen LogP contribution is -2.44. The van der Waals surface area contributed by atoms with Gasteiger partial charge in [-0.05, 0) is 57.9 Å². The number of sulfonamides is 1. The highest BCUT2D eigenvalue weighted by Crippen LogP contribution is 2.18. The molecule has 0 bridgehead atoms. The molecule has 0 unspecified atom stereocenters. The number of amides is 1. The minimum atomic E-state index is -3.52. The summed E-state index contributed by atoms with van der Waals surface area (Å²) in [6, 6.07) is 6.18. The highest BCUT2D eigenvalue weighted by molar-refractivity contribution is 7.89. The Morgan fingerprint density at radius 2 is 1.52 bits per heavy atom. The first-order chi connectivity index (χ1) is 12.8. The first kappa shape index (κ1) is 21.9. The molecule has 1 atom stereocenters. The topological polar surface area (TPSA) is 87.3 Å². The van der Waals surface area contributed by atoms with Crippen LogP contribution >= 0.6 is 0 Å². The molecule has 1 amide bonds. The van der Waals surface area contributed by atoms with E-state index in [2.05, 4.69) is 15.4 Å². The van der Waals surface area contributed by atoms with Gasteiger partial charge >= 0.3 is 0 Å². The summed E-state index contributed by atoms with van der Waals surface area (Å²) < 4.78 is 26.8. The summed E-state index contributed by atoms with van der Waals surface area (Å²) in [4.78, 5) is 12.7. The molecule has 7 heteroatoms. The van der Waals surface area contributed by atoms with Gasteiger partial charge in [-0.25, -0.2) is 13.1 Å². The van der Waals surface area contributed by atoms with Gasteiger partial charge in [0.1, 0.15) is 0 Å². The molecule has 1 fully saturated rings. The van der Waals surface area contributed by atoms with Crippen molar-refractivity contribution in [3.05, 3.63) is 24.3 Å². The fraction of sp³-hybridized carbons (Fsp3) is 0.650. The fourth-order valence-electron chi connectivity index (χ4n) is 3.40. The second-order valence-corrected chi connectivity index (χ2v) is 9.43. The number of nitrogens with one attached hydrogen (secondary N) is 3. The van der Waals surface area contributed by atoms with E-state index in [0.29, 0.717) is 11.7 Å². The van der Waals surface area contributed by atoms with Gasteiger partial charge < -0.3 is 10.6 Å². The summed E-state index contributed by atoms with van der Waals surface area (Å²) in [5.74, 6) is -0.104. The van der Waals surface area contributed by atoms with Gasteiger partial charge in [0.15, 0.2) is 0 Å². The van der Waals surface area contributed by atoms with Crippen molar-refractivity contribution in [1.29, 1.82) is 0 Å². The first-order valence-corrected chi connectivity index (χ1v) is 11.5. The average molecular weight is 396 g/mol. The maximum atomic E-state index is 12.5.